The standard InChI is InChI=1S/C20H24N2O3/c1-16-4-2-5-18(12-16)25-15-20(24)8-3-11-22(14-20)19(23)13-17-6-9-21-10-7-17/h2,4-7,9-10,12,24H,3,8,11,13-15H2,1H3/t20-/m1/s1. The highest BCUT2D eigenvalue weighted by Crippen LogP contribution is 2.24. The van der Waals surface area contributed by atoms with E-state index in [9.17, 15) is 9.90 Å². The highest BCUT2D eigenvalue weighted by Gasteiger charge is 2.36. The van der Waals surface area contributed by atoms with Crippen LogP contribution in [0, 0.1) is 6.92 Å². The molecule has 0 unspecified atom stereocenters. The van der Waals surface area contributed by atoms with Crippen molar-refractivity contribution in [1.82, 2.24) is 9.88 Å². The van der Waals surface area contributed by atoms with Gasteiger partial charge in [0.15, 0.2) is 0 Å². The van der Waals surface area contributed by atoms with Gasteiger partial charge in [0.1, 0.15) is 18.0 Å². The number of aliphatic hydroxyl groups is 1. The molecular weight excluding hydrogens is 316 g/mol. The van der Waals surface area contributed by atoms with Crippen molar-refractivity contribution in [2.45, 2.75) is 31.8 Å². The van der Waals surface area contributed by atoms with Gasteiger partial charge in [-0.1, -0.05) is 12.1 Å². The molecule has 1 saturated heterocycles. The summed E-state index contributed by atoms with van der Waals surface area (Å²) in [5.74, 6) is 0.772. The summed E-state index contributed by atoms with van der Waals surface area (Å²) in [4.78, 5) is 18.2. The quantitative estimate of drug-likeness (QED) is 0.908. The lowest BCUT2D eigenvalue weighted by Crippen LogP contribution is -2.53. The number of aromatic nitrogens is 1. The Morgan fingerprint density at radius 2 is 2.12 bits per heavy atom. The van der Waals surface area contributed by atoms with Gasteiger partial charge in [0.05, 0.1) is 13.0 Å². The lowest BCUT2D eigenvalue weighted by atomic mass is 9.93. The number of β-amino-alcohol motifs (C(OH)–C–C–N with tert-alkyl or cyclic N) is 1. The van der Waals surface area contributed by atoms with E-state index in [0.29, 0.717) is 25.9 Å². The number of rotatable bonds is 5. The van der Waals surface area contributed by atoms with E-state index in [1.807, 2.05) is 43.3 Å². The van der Waals surface area contributed by atoms with Gasteiger partial charge >= 0.3 is 0 Å². The lowest BCUT2D eigenvalue weighted by molar-refractivity contribution is -0.139. The van der Waals surface area contributed by atoms with E-state index in [1.165, 1.54) is 0 Å². The Kier molecular flexibility index (Phi) is 5.34. The third-order valence-corrected chi connectivity index (χ3v) is 4.51. The van der Waals surface area contributed by atoms with Gasteiger partial charge in [-0.3, -0.25) is 9.78 Å². The molecule has 0 radical (unpaired) electrons. The molecule has 0 spiro atoms. The first-order valence-electron chi connectivity index (χ1n) is 8.63. The second-order valence-corrected chi connectivity index (χ2v) is 6.78. The van der Waals surface area contributed by atoms with Crippen molar-refractivity contribution in [2.24, 2.45) is 0 Å². The smallest absolute Gasteiger partial charge is 0.227 e. The first-order valence-corrected chi connectivity index (χ1v) is 8.63. The fraction of sp³-hybridized carbons (Fsp3) is 0.400. The molecule has 2 heterocycles. The van der Waals surface area contributed by atoms with Gasteiger partial charge < -0.3 is 14.7 Å². The number of ether oxygens (including phenoxy) is 1. The van der Waals surface area contributed by atoms with E-state index in [4.69, 9.17) is 4.74 Å². The van der Waals surface area contributed by atoms with Gasteiger partial charge in [-0.2, -0.15) is 0 Å². The minimum Gasteiger partial charge on any atom is -0.491 e. The lowest BCUT2D eigenvalue weighted by Gasteiger charge is -2.39. The largest absolute Gasteiger partial charge is 0.491 e. The van der Waals surface area contributed by atoms with Crippen LogP contribution in [-0.4, -0.2) is 46.2 Å². The third kappa shape index (κ3) is 4.79. The Morgan fingerprint density at radius 3 is 2.88 bits per heavy atom. The zero-order chi connectivity index (χ0) is 17.7. The summed E-state index contributed by atoms with van der Waals surface area (Å²) < 4.78 is 5.78. The predicted octanol–water partition coefficient (Wildman–Crippen LogP) is 2.37. The number of nitrogens with zero attached hydrogens (tertiary/aromatic N) is 2. The molecule has 1 N–H and O–H groups in total. The summed E-state index contributed by atoms with van der Waals surface area (Å²) in [5, 5.41) is 10.9. The van der Waals surface area contributed by atoms with Gasteiger partial charge in [-0.25, -0.2) is 0 Å². The first kappa shape index (κ1) is 17.4. The van der Waals surface area contributed by atoms with Crippen LogP contribution in [-0.2, 0) is 11.2 Å². The summed E-state index contributed by atoms with van der Waals surface area (Å²) >= 11 is 0. The predicted molar refractivity (Wildman–Crippen MR) is 95.4 cm³/mol. The number of likely N-dealkylation sites (tertiary alicyclic amines) is 1. The van der Waals surface area contributed by atoms with Crippen LogP contribution < -0.4 is 4.74 Å². The van der Waals surface area contributed by atoms with Gasteiger partial charge in [-0.15, -0.1) is 0 Å². The molecule has 0 saturated carbocycles. The number of aryl methyl sites for hydroxylation is 1. The van der Waals surface area contributed by atoms with Crippen molar-refractivity contribution >= 4 is 5.91 Å². The topological polar surface area (TPSA) is 62.7 Å². The Labute approximate surface area is 148 Å². The molecule has 1 fully saturated rings. The highest BCUT2D eigenvalue weighted by atomic mass is 16.5. The van der Waals surface area contributed by atoms with Crippen LogP contribution in [0.4, 0.5) is 0 Å². The normalized spacial score (nSPS) is 20.3. The molecule has 1 atom stereocenters. The molecule has 3 rings (SSSR count). The van der Waals surface area contributed by atoms with Crippen molar-refractivity contribution in [3.63, 3.8) is 0 Å². The fourth-order valence-electron chi connectivity index (χ4n) is 3.15. The highest BCUT2D eigenvalue weighted by molar-refractivity contribution is 5.78. The molecule has 5 heteroatoms. The van der Waals surface area contributed by atoms with E-state index in [-0.39, 0.29) is 12.5 Å². The number of benzene rings is 1. The van der Waals surface area contributed by atoms with Crippen molar-refractivity contribution in [3.05, 3.63) is 59.9 Å². The zero-order valence-corrected chi connectivity index (χ0v) is 14.5. The summed E-state index contributed by atoms with van der Waals surface area (Å²) in [6, 6.07) is 11.4. The van der Waals surface area contributed by atoms with Crippen LogP contribution in [0.25, 0.3) is 0 Å². The van der Waals surface area contributed by atoms with E-state index in [2.05, 4.69) is 4.98 Å². The van der Waals surface area contributed by atoms with Gasteiger partial charge in [0.2, 0.25) is 5.91 Å². The van der Waals surface area contributed by atoms with Crippen LogP contribution in [0.15, 0.2) is 48.8 Å². The van der Waals surface area contributed by atoms with Crippen LogP contribution in [0.1, 0.15) is 24.0 Å². The summed E-state index contributed by atoms with van der Waals surface area (Å²) in [7, 11) is 0. The molecule has 1 aromatic heterocycles. The average Bonchev–Trinajstić information content (AvgIpc) is 2.61. The molecule has 132 valence electrons. The molecule has 25 heavy (non-hydrogen) atoms. The molecule has 1 aromatic carbocycles. The van der Waals surface area contributed by atoms with E-state index < -0.39 is 5.60 Å². The van der Waals surface area contributed by atoms with E-state index in [0.717, 1.165) is 23.3 Å². The Balaban J connectivity index is 1.58. The minimum absolute atomic E-state index is 0.0277. The zero-order valence-electron chi connectivity index (χ0n) is 14.5. The molecule has 1 aliphatic rings. The van der Waals surface area contributed by atoms with Gasteiger partial charge in [0, 0.05) is 18.9 Å². The second kappa shape index (κ2) is 7.66. The summed E-state index contributed by atoms with van der Waals surface area (Å²) in [6.07, 6.45) is 5.11. The molecule has 1 aliphatic heterocycles. The number of pyridine rings is 1. The third-order valence-electron chi connectivity index (χ3n) is 4.51. The first-order chi connectivity index (χ1) is 12.0. The maximum atomic E-state index is 12.5. The molecule has 2 aromatic rings. The fourth-order valence-corrected chi connectivity index (χ4v) is 3.15. The molecule has 5 nitrogen and oxygen atoms in total. The molecule has 0 bridgehead atoms. The number of piperidine rings is 1. The second-order valence-electron chi connectivity index (χ2n) is 6.78. The number of carbonyl (C=O) groups excluding carboxylic acids is 1. The van der Waals surface area contributed by atoms with Crippen LogP contribution in [0.3, 0.4) is 0 Å². The monoisotopic (exact) mass is 340 g/mol. The maximum Gasteiger partial charge on any atom is 0.227 e. The Morgan fingerprint density at radius 1 is 1.32 bits per heavy atom. The van der Waals surface area contributed by atoms with Crippen molar-refractivity contribution in [2.75, 3.05) is 19.7 Å². The number of hydrogen-bond acceptors (Lipinski definition) is 4. The summed E-state index contributed by atoms with van der Waals surface area (Å²) in [5.41, 5.74) is 1.04. The van der Waals surface area contributed by atoms with Gasteiger partial charge in [0.25, 0.3) is 0 Å². The van der Waals surface area contributed by atoms with E-state index >= 15 is 0 Å². The maximum absolute atomic E-state index is 12.5. The Hall–Kier alpha value is -2.40. The number of amides is 1. The average molecular weight is 340 g/mol. The van der Waals surface area contributed by atoms with Crippen molar-refractivity contribution < 1.29 is 14.6 Å². The number of carbonyl (C=O) groups is 1. The van der Waals surface area contributed by atoms with Gasteiger partial charge in [-0.05, 0) is 55.2 Å². The van der Waals surface area contributed by atoms with Crippen molar-refractivity contribution in [3.8, 4) is 5.75 Å². The summed E-state index contributed by atoms with van der Waals surface area (Å²) in [6.45, 7) is 3.18. The van der Waals surface area contributed by atoms with Crippen LogP contribution >= 0.6 is 0 Å². The van der Waals surface area contributed by atoms with Crippen LogP contribution in [0.2, 0.25) is 0 Å². The molecule has 1 amide bonds. The van der Waals surface area contributed by atoms with E-state index in [1.54, 1.807) is 17.3 Å². The molecule has 0 aliphatic carbocycles. The van der Waals surface area contributed by atoms with Crippen molar-refractivity contribution in [1.29, 1.82) is 0 Å². The SMILES string of the molecule is Cc1cccc(OC[C@@]2(O)CCCN(C(=O)Cc3ccncc3)C2)c1. The Bertz CT molecular complexity index is 720. The molecular formula is C20H24N2O3. The number of hydrogen-bond donors (Lipinski definition) is 1. The minimum atomic E-state index is -1.00. The van der Waals surface area contributed by atoms with Crippen LogP contribution in [0.5, 0.6) is 5.75 Å².